The van der Waals surface area contributed by atoms with Crippen molar-refractivity contribution in [3.8, 4) is 0 Å². The van der Waals surface area contributed by atoms with Crippen LogP contribution < -0.4 is 0 Å². The predicted octanol–water partition coefficient (Wildman–Crippen LogP) is 1.57. The van der Waals surface area contributed by atoms with E-state index < -0.39 is 10.0 Å². The molecule has 0 N–H and O–H groups in total. The second-order valence-corrected chi connectivity index (χ2v) is 8.12. The van der Waals surface area contributed by atoms with Crippen LogP contribution in [0.1, 0.15) is 31.9 Å². The lowest BCUT2D eigenvalue weighted by molar-refractivity contribution is -0.101. The van der Waals surface area contributed by atoms with Gasteiger partial charge >= 0.3 is 0 Å². The maximum Gasteiger partial charge on any atom is 0.214 e. The van der Waals surface area contributed by atoms with E-state index in [0.717, 1.165) is 18.5 Å². The zero-order chi connectivity index (χ0) is 16.3. The minimum absolute atomic E-state index is 0.0679. The lowest BCUT2D eigenvalue weighted by Gasteiger charge is -2.38. The Kier molecular flexibility index (Phi) is 5.31. The highest BCUT2D eigenvalue weighted by Crippen LogP contribution is 2.34. The van der Waals surface area contributed by atoms with E-state index in [4.69, 9.17) is 9.47 Å². The highest BCUT2D eigenvalue weighted by Gasteiger charge is 2.46. The van der Waals surface area contributed by atoms with Crippen molar-refractivity contribution in [2.24, 2.45) is 0 Å². The zero-order valence-corrected chi connectivity index (χ0v) is 14.2. The molecule has 3 atom stereocenters. The molecule has 3 rings (SSSR count). The fourth-order valence-corrected chi connectivity index (χ4v) is 5.20. The van der Waals surface area contributed by atoms with E-state index in [1.165, 1.54) is 0 Å². The van der Waals surface area contributed by atoms with Crippen LogP contribution in [0.15, 0.2) is 24.4 Å². The molecule has 2 heterocycles. The third-order valence-corrected chi connectivity index (χ3v) is 6.57. The van der Waals surface area contributed by atoms with Crippen molar-refractivity contribution in [1.29, 1.82) is 0 Å². The molecule has 1 aliphatic heterocycles. The van der Waals surface area contributed by atoms with Gasteiger partial charge in [0, 0.05) is 12.7 Å². The minimum atomic E-state index is -3.19. The summed E-state index contributed by atoms with van der Waals surface area (Å²) in [4.78, 5) is 4.25. The van der Waals surface area contributed by atoms with Gasteiger partial charge in [0.2, 0.25) is 10.0 Å². The van der Waals surface area contributed by atoms with E-state index in [1.807, 2.05) is 25.1 Å². The minimum Gasteiger partial charge on any atom is -0.372 e. The fourth-order valence-electron chi connectivity index (χ4n) is 3.46. The van der Waals surface area contributed by atoms with Gasteiger partial charge in [-0.25, -0.2) is 8.42 Å². The number of rotatable bonds is 6. The number of pyridine rings is 1. The monoisotopic (exact) mass is 340 g/mol. The molecule has 2 aliphatic rings. The standard InChI is InChI=1S/C16H24N2O4S/c1-2-11-23(19,20)18-9-10-21-16-14(18)6-7-15(16)22-12-13-5-3-4-8-17-13/h3-5,8,14-16H,2,6-7,9-12H2,1H3/t14-,15-,16+/m0/s1. The topological polar surface area (TPSA) is 68.7 Å². The van der Waals surface area contributed by atoms with Crippen LogP contribution in [0.2, 0.25) is 0 Å². The second-order valence-electron chi connectivity index (χ2n) is 6.08. The molecule has 1 aromatic heterocycles. The summed E-state index contributed by atoms with van der Waals surface area (Å²) in [6.45, 7) is 3.21. The Morgan fingerprint density at radius 2 is 2.26 bits per heavy atom. The first-order valence-electron chi connectivity index (χ1n) is 8.24. The SMILES string of the molecule is CCCS(=O)(=O)N1CCO[C@H]2[C@@H](OCc3ccccn3)CC[C@@H]21. The Labute approximate surface area is 137 Å². The number of morpholine rings is 1. The highest BCUT2D eigenvalue weighted by molar-refractivity contribution is 7.89. The molecular formula is C16H24N2O4S. The molecule has 2 fully saturated rings. The molecule has 0 unspecified atom stereocenters. The first kappa shape index (κ1) is 16.8. The average molecular weight is 340 g/mol. The van der Waals surface area contributed by atoms with E-state index in [9.17, 15) is 8.42 Å². The average Bonchev–Trinajstić information content (AvgIpc) is 2.97. The highest BCUT2D eigenvalue weighted by atomic mass is 32.2. The molecule has 6 nitrogen and oxygen atoms in total. The molecule has 0 radical (unpaired) electrons. The molecular weight excluding hydrogens is 316 g/mol. The van der Waals surface area contributed by atoms with E-state index in [0.29, 0.717) is 26.2 Å². The van der Waals surface area contributed by atoms with Gasteiger partial charge in [-0.05, 0) is 31.4 Å². The van der Waals surface area contributed by atoms with Crippen molar-refractivity contribution < 1.29 is 17.9 Å². The third-order valence-electron chi connectivity index (χ3n) is 4.48. The first-order valence-corrected chi connectivity index (χ1v) is 9.85. The molecule has 23 heavy (non-hydrogen) atoms. The molecule has 1 saturated heterocycles. The zero-order valence-electron chi connectivity index (χ0n) is 13.4. The van der Waals surface area contributed by atoms with Gasteiger partial charge in [0.15, 0.2) is 0 Å². The number of aromatic nitrogens is 1. The molecule has 0 bridgehead atoms. The van der Waals surface area contributed by atoms with Crippen LogP contribution in [-0.2, 0) is 26.1 Å². The normalized spacial score (nSPS) is 28.7. The smallest absolute Gasteiger partial charge is 0.214 e. The molecule has 1 aliphatic carbocycles. The summed E-state index contributed by atoms with van der Waals surface area (Å²) in [5, 5.41) is 0. The lowest BCUT2D eigenvalue weighted by Crippen LogP contribution is -2.54. The number of ether oxygens (including phenoxy) is 2. The van der Waals surface area contributed by atoms with Crippen molar-refractivity contribution in [2.45, 2.75) is 51.0 Å². The summed E-state index contributed by atoms with van der Waals surface area (Å²) in [6.07, 6.45) is 3.75. The van der Waals surface area contributed by atoms with Crippen LogP contribution in [0.5, 0.6) is 0 Å². The van der Waals surface area contributed by atoms with Gasteiger partial charge in [-0.2, -0.15) is 4.31 Å². The molecule has 7 heteroatoms. The van der Waals surface area contributed by atoms with Gasteiger partial charge in [0.1, 0.15) is 6.10 Å². The Morgan fingerprint density at radius 1 is 1.39 bits per heavy atom. The number of sulfonamides is 1. The summed E-state index contributed by atoms with van der Waals surface area (Å²) in [5.74, 6) is 0.204. The van der Waals surface area contributed by atoms with Crippen LogP contribution in [0, 0.1) is 0 Å². The van der Waals surface area contributed by atoms with Crippen molar-refractivity contribution >= 4 is 10.0 Å². The molecule has 0 amide bonds. The summed E-state index contributed by atoms with van der Waals surface area (Å²) in [7, 11) is -3.19. The van der Waals surface area contributed by atoms with Gasteiger partial charge in [-0.1, -0.05) is 13.0 Å². The van der Waals surface area contributed by atoms with E-state index in [1.54, 1.807) is 10.5 Å². The second kappa shape index (κ2) is 7.25. The summed E-state index contributed by atoms with van der Waals surface area (Å²) < 4.78 is 38.3. The predicted molar refractivity (Wildman–Crippen MR) is 86.4 cm³/mol. The van der Waals surface area contributed by atoms with Gasteiger partial charge in [0.05, 0.1) is 36.8 Å². The number of hydrogen-bond donors (Lipinski definition) is 0. The Morgan fingerprint density at radius 3 is 3.00 bits per heavy atom. The summed E-state index contributed by atoms with van der Waals surface area (Å²) in [6, 6.07) is 5.63. The number of hydrogen-bond acceptors (Lipinski definition) is 5. The van der Waals surface area contributed by atoms with Crippen molar-refractivity contribution in [1.82, 2.24) is 9.29 Å². The largest absolute Gasteiger partial charge is 0.372 e. The fraction of sp³-hybridized carbons (Fsp3) is 0.688. The molecule has 1 aromatic rings. The Balaban J connectivity index is 1.64. The van der Waals surface area contributed by atoms with Crippen LogP contribution >= 0.6 is 0 Å². The van der Waals surface area contributed by atoms with E-state index in [2.05, 4.69) is 4.98 Å². The molecule has 0 aromatic carbocycles. The van der Waals surface area contributed by atoms with E-state index in [-0.39, 0.29) is 24.0 Å². The number of fused-ring (bicyclic) bond motifs is 1. The van der Waals surface area contributed by atoms with Gasteiger partial charge in [0.25, 0.3) is 0 Å². The third kappa shape index (κ3) is 3.74. The lowest BCUT2D eigenvalue weighted by atomic mass is 10.1. The molecule has 128 valence electrons. The van der Waals surface area contributed by atoms with Crippen LogP contribution in [0.25, 0.3) is 0 Å². The Hall–Kier alpha value is -1.02. The maximum atomic E-state index is 12.4. The van der Waals surface area contributed by atoms with Gasteiger partial charge in [-0.3, -0.25) is 4.98 Å². The van der Waals surface area contributed by atoms with Crippen molar-refractivity contribution in [3.63, 3.8) is 0 Å². The van der Waals surface area contributed by atoms with Gasteiger partial charge in [-0.15, -0.1) is 0 Å². The maximum absolute atomic E-state index is 12.4. The van der Waals surface area contributed by atoms with Crippen LogP contribution in [0.3, 0.4) is 0 Å². The van der Waals surface area contributed by atoms with Crippen LogP contribution in [-0.4, -0.2) is 54.9 Å². The Bertz CT molecular complexity index is 608. The first-order chi connectivity index (χ1) is 11.1. The van der Waals surface area contributed by atoms with E-state index >= 15 is 0 Å². The number of nitrogens with zero attached hydrogens (tertiary/aromatic N) is 2. The van der Waals surface area contributed by atoms with Crippen molar-refractivity contribution in [2.75, 3.05) is 18.9 Å². The molecule has 0 spiro atoms. The van der Waals surface area contributed by atoms with Crippen LogP contribution in [0.4, 0.5) is 0 Å². The summed E-state index contributed by atoms with van der Waals surface area (Å²) >= 11 is 0. The quantitative estimate of drug-likeness (QED) is 0.786. The van der Waals surface area contributed by atoms with Gasteiger partial charge < -0.3 is 9.47 Å². The molecule has 1 saturated carbocycles. The van der Waals surface area contributed by atoms with Crippen molar-refractivity contribution in [3.05, 3.63) is 30.1 Å². The summed E-state index contributed by atoms with van der Waals surface area (Å²) in [5.41, 5.74) is 0.877.